The van der Waals surface area contributed by atoms with E-state index in [1.165, 1.54) is 5.56 Å². The topological polar surface area (TPSA) is 17.1 Å². The number of hydrogen-bond donors (Lipinski definition) is 0. The fraction of sp³-hybridized carbons (Fsp3) is 0.286. The quantitative estimate of drug-likeness (QED) is 0.642. The van der Waals surface area contributed by atoms with Gasteiger partial charge in [0.15, 0.2) is 5.78 Å². The van der Waals surface area contributed by atoms with E-state index in [1.54, 1.807) is 0 Å². The van der Waals surface area contributed by atoms with Gasteiger partial charge in [-0.25, -0.2) is 0 Å². The maximum Gasteiger partial charge on any atom is 0.188 e. The highest BCUT2D eigenvalue weighted by Gasteiger charge is 2.18. The SMILES string of the molecule is CC.CC1C=C(C(=O)c2ccc(-c3ccccc3)cc2)CC1. The van der Waals surface area contributed by atoms with E-state index in [-0.39, 0.29) is 5.78 Å². The molecule has 0 bridgehead atoms. The van der Waals surface area contributed by atoms with E-state index in [1.807, 2.05) is 56.3 Å². The Kier molecular flexibility index (Phi) is 5.71. The lowest BCUT2D eigenvalue weighted by Crippen LogP contribution is -2.01. The Hall–Kier alpha value is -2.15. The highest BCUT2D eigenvalue weighted by Crippen LogP contribution is 2.27. The van der Waals surface area contributed by atoms with E-state index >= 15 is 0 Å². The number of hydrogen-bond acceptors (Lipinski definition) is 1. The van der Waals surface area contributed by atoms with Gasteiger partial charge in [0.2, 0.25) is 0 Å². The molecular formula is C21H24O. The number of allylic oxidation sites excluding steroid dienone is 2. The van der Waals surface area contributed by atoms with Crippen molar-refractivity contribution in [3.05, 3.63) is 71.8 Å². The summed E-state index contributed by atoms with van der Waals surface area (Å²) in [6, 6.07) is 18.2. The summed E-state index contributed by atoms with van der Waals surface area (Å²) in [5.41, 5.74) is 4.10. The van der Waals surface area contributed by atoms with Gasteiger partial charge in [0.25, 0.3) is 0 Å². The summed E-state index contributed by atoms with van der Waals surface area (Å²) in [4.78, 5) is 12.4. The first-order chi connectivity index (χ1) is 10.7. The fourth-order valence-corrected chi connectivity index (χ4v) is 2.71. The van der Waals surface area contributed by atoms with E-state index in [9.17, 15) is 4.79 Å². The highest BCUT2D eigenvalue weighted by atomic mass is 16.1. The van der Waals surface area contributed by atoms with Crippen LogP contribution in [0.2, 0.25) is 0 Å². The molecule has 0 aromatic heterocycles. The highest BCUT2D eigenvalue weighted by molar-refractivity contribution is 6.09. The van der Waals surface area contributed by atoms with Crippen LogP contribution in [0.1, 0.15) is 44.0 Å². The van der Waals surface area contributed by atoms with Crippen LogP contribution in [-0.2, 0) is 0 Å². The van der Waals surface area contributed by atoms with Gasteiger partial charge in [-0.15, -0.1) is 0 Å². The molecule has 0 N–H and O–H groups in total. The summed E-state index contributed by atoms with van der Waals surface area (Å²) in [6.07, 6.45) is 4.14. The van der Waals surface area contributed by atoms with Gasteiger partial charge in [-0.2, -0.15) is 0 Å². The summed E-state index contributed by atoms with van der Waals surface area (Å²) in [7, 11) is 0. The number of rotatable bonds is 3. The van der Waals surface area contributed by atoms with E-state index in [0.29, 0.717) is 5.92 Å². The van der Waals surface area contributed by atoms with Crippen molar-refractivity contribution in [2.24, 2.45) is 5.92 Å². The lowest BCUT2D eigenvalue weighted by molar-refractivity contribution is 0.103. The van der Waals surface area contributed by atoms with E-state index in [0.717, 1.165) is 29.5 Å². The van der Waals surface area contributed by atoms with Crippen molar-refractivity contribution in [2.75, 3.05) is 0 Å². The van der Waals surface area contributed by atoms with Crippen molar-refractivity contribution in [3.8, 4) is 11.1 Å². The van der Waals surface area contributed by atoms with Crippen LogP contribution in [-0.4, -0.2) is 5.78 Å². The van der Waals surface area contributed by atoms with Crippen LogP contribution in [0.25, 0.3) is 11.1 Å². The van der Waals surface area contributed by atoms with Crippen molar-refractivity contribution in [1.82, 2.24) is 0 Å². The Bertz CT molecular complexity index is 635. The second kappa shape index (κ2) is 7.74. The molecule has 1 heteroatoms. The number of Topliss-reactive ketones (excluding diaryl/α,β-unsaturated/α-hetero) is 1. The Morgan fingerprint density at radius 3 is 2.05 bits per heavy atom. The zero-order valence-electron chi connectivity index (χ0n) is 13.7. The minimum atomic E-state index is 0.189. The molecule has 2 aromatic rings. The van der Waals surface area contributed by atoms with Gasteiger partial charge in [0.05, 0.1) is 0 Å². The molecule has 1 atom stereocenters. The molecule has 22 heavy (non-hydrogen) atoms. The fourth-order valence-electron chi connectivity index (χ4n) is 2.71. The van der Waals surface area contributed by atoms with Gasteiger partial charge in [-0.1, -0.05) is 81.4 Å². The predicted molar refractivity (Wildman–Crippen MR) is 94.0 cm³/mol. The van der Waals surface area contributed by atoms with Gasteiger partial charge in [-0.3, -0.25) is 4.79 Å². The monoisotopic (exact) mass is 292 g/mol. The first-order valence-electron chi connectivity index (χ1n) is 8.15. The summed E-state index contributed by atoms with van der Waals surface area (Å²) in [5.74, 6) is 0.728. The molecule has 0 saturated carbocycles. The van der Waals surface area contributed by atoms with Gasteiger partial charge in [0.1, 0.15) is 0 Å². The molecule has 0 radical (unpaired) electrons. The van der Waals surface area contributed by atoms with Gasteiger partial charge >= 0.3 is 0 Å². The van der Waals surface area contributed by atoms with Crippen molar-refractivity contribution in [3.63, 3.8) is 0 Å². The maximum absolute atomic E-state index is 12.4. The van der Waals surface area contributed by atoms with Gasteiger partial charge in [0, 0.05) is 5.56 Å². The van der Waals surface area contributed by atoms with Gasteiger partial charge < -0.3 is 0 Å². The zero-order chi connectivity index (χ0) is 15.9. The van der Waals surface area contributed by atoms with E-state index < -0.39 is 0 Å². The normalized spacial score (nSPS) is 16.5. The Morgan fingerprint density at radius 1 is 0.909 bits per heavy atom. The third-order valence-electron chi connectivity index (χ3n) is 3.90. The molecule has 0 saturated heterocycles. The second-order valence-electron chi connectivity index (χ2n) is 5.48. The molecular weight excluding hydrogens is 268 g/mol. The molecule has 0 aliphatic heterocycles. The summed E-state index contributed by atoms with van der Waals surface area (Å²) in [6.45, 7) is 6.17. The molecule has 2 aromatic carbocycles. The molecule has 0 spiro atoms. The predicted octanol–water partition coefficient (Wildman–Crippen LogP) is 5.92. The largest absolute Gasteiger partial charge is 0.289 e. The van der Waals surface area contributed by atoms with Crippen LogP contribution in [0.4, 0.5) is 0 Å². The molecule has 1 nitrogen and oxygen atoms in total. The molecule has 114 valence electrons. The van der Waals surface area contributed by atoms with E-state index in [2.05, 4.69) is 25.1 Å². The minimum Gasteiger partial charge on any atom is -0.289 e. The van der Waals surface area contributed by atoms with Crippen LogP contribution < -0.4 is 0 Å². The van der Waals surface area contributed by atoms with Crippen LogP contribution in [0.5, 0.6) is 0 Å². The molecule has 0 amide bonds. The minimum absolute atomic E-state index is 0.189. The van der Waals surface area contributed by atoms with Crippen molar-refractivity contribution < 1.29 is 4.79 Å². The molecule has 0 fully saturated rings. The molecule has 3 rings (SSSR count). The van der Waals surface area contributed by atoms with Crippen LogP contribution >= 0.6 is 0 Å². The van der Waals surface area contributed by atoms with Gasteiger partial charge in [-0.05, 0) is 35.5 Å². The van der Waals surface area contributed by atoms with E-state index in [4.69, 9.17) is 0 Å². The number of carbonyl (C=O) groups is 1. The van der Waals surface area contributed by atoms with Crippen molar-refractivity contribution >= 4 is 5.78 Å². The van der Waals surface area contributed by atoms with Crippen LogP contribution in [0, 0.1) is 5.92 Å². The Labute approximate surface area is 133 Å². The summed E-state index contributed by atoms with van der Waals surface area (Å²) < 4.78 is 0. The third-order valence-corrected chi connectivity index (χ3v) is 3.90. The molecule has 1 aliphatic rings. The average Bonchev–Trinajstić information content (AvgIpc) is 3.03. The zero-order valence-corrected chi connectivity index (χ0v) is 13.7. The number of carbonyl (C=O) groups excluding carboxylic acids is 1. The summed E-state index contributed by atoms with van der Waals surface area (Å²) in [5, 5.41) is 0. The molecule has 1 unspecified atom stereocenters. The van der Waals surface area contributed by atoms with Crippen LogP contribution in [0.15, 0.2) is 66.2 Å². The molecule has 0 heterocycles. The molecule has 1 aliphatic carbocycles. The standard InChI is InChI=1S/C19H18O.C2H6/c1-14-7-8-18(13-14)19(20)17-11-9-16(10-12-17)15-5-3-2-4-6-15;1-2/h2-6,9-14H,7-8H2,1H3;1-2H3. The smallest absolute Gasteiger partial charge is 0.188 e. The Balaban J connectivity index is 0.000000847. The number of ketones is 1. The number of benzene rings is 2. The second-order valence-corrected chi connectivity index (χ2v) is 5.48. The Morgan fingerprint density at radius 2 is 1.50 bits per heavy atom. The third kappa shape index (κ3) is 3.73. The van der Waals surface area contributed by atoms with Crippen molar-refractivity contribution in [2.45, 2.75) is 33.6 Å². The van der Waals surface area contributed by atoms with Crippen molar-refractivity contribution in [1.29, 1.82) is 0 Å². The lowest BCUT2D eigenvalue weighted by Gasteiger charge is -2.04. The lowest BCUT2D eigenvalue weighted by atomic mass is 9.99. The van der Waals surface area contributed by atoms with Crippen LogP contribution in [0.3, 0.4) is 0 Å². The first kappa shape index (κ1) is 16.2. The maximum atomic E-state index is 12.4. The first-order valence-corrected chi connectivity index (χ1v) is 8.15. The average molecular weight is 292 g/mol. The summed E-state index contributed by atoms with van der Waals surface area (Å²) >= 11 is 0.